The number of carbonyl (C=O) groups excluding carboxylic acids is 1. The molecule has 10 heteroatoms. The summed E-state index contributed by atoms with van der Waals surface area (Å²) < 4.78 is 45.5. The van der Waals surface area contributed by atoms with Gasteiger partial charge in [0.15, 0.2) is 0 Å². The zero-order chi connectivity index (χ0) is 16.8. The van der Waals surface area contributed by atoms with Gasteiger partial charge >= 0.3 is 16.1 Å². The average Bonchev–Trinajstić information content (AvgIpc) is 2.80. The van der Waals surface area contributed by atoms with Crippen molar-refractivity contribution in [2.75, 3.05) is 6.26 Å². The minimum atomic E-state index is -4.94. The Kier molecular flexibility index (Phi) is 7.23. The molecule has 0 bridgehead atoms. The predicted molar refractivity (Wildman–Crippen MR) is 69.5 cm³/mol. The molecule has 0 aliphatic heterocycles. The van der Waals surface area contributed by atoms with Crippen LogP contribution in [0.2, 0.25) is 0 Å². The van der Waals surface area contributed by atoms with Gasteiger partial charge in [-0.25, -0.2) is 18.6 Å². The van der Waals surface area contributed by atoms with Crippen LogP contribution in [0.25, 0.3) is 11.3 Å². The maximum atomic E-state index is 11.0. The summed E-state index contributed by atoms with van der Waals surface area (Å²) in [5.74, 6) is 0.266. The molecule has 0 saturated carbocycles. The highest BCUT2D eigenvalue weighted by Crippen LogP contribution is 2.41. The molecule has 0 aliphatic rings. The van der Waals surface area contributed by atoms with Gasteiger partial charge in [0.25, 0.3) is 5.06 Å². The second-order valence-electron chi connectivity index (χ2n) is 3.61. The number of hydrogen-bond donors (Lipinski definition) is 0. The van der Waals surface area contributed by atoms with E-state index in [1.807, 2.05) is 36.6 Å². The lowest BCUT2D eigenvalue weighted by Gasteiger charge is -2.17. The van der Waals surface area contributed by atoms with Crippen molar-refractivity contribution in [2.45, 2.75) is 11.3 Å². The first-order valence-electron chi connectivity index (χ1n) is 5.57. The number of hydrogen-bond acceptors (Lipinski definition) is 8. The molecular weight excluding hydrogens is 356 g/mol. The molecule has 0 aliphatic carbocycles. The molecule has 0 atom stereocenters. The molecule has 120 valence electrons. The number of benzene rings is 1. The molecule has 0 radical (unpaired) electrons. The number of halogens is 1. The fraction of sp³-hybridized carbons (Fsp3) is 0.167. The van der Waals surface area contributed by atoms with Crippen LogP contribution in [0.15, 0.2) is 39.2 Å². The van der Waals surface area contributed by atoms with Crippen molar-refractivity contribution < 1.29 is 42.8 Å². The van der Waals surface area contributed by atoms with E-state index < -0.39 is 10.2 Å². The smallest absolute Gasteiger partial charge is 0.405 e. The van der Waals surface area contributed by atoms with Gasteiger partial charge < -0.3 is 4.74 Å². The van der Waals surface area contributed by atoms with E-state index in [0.717, 1.165) is 9.97 Å². The summed E-state index contributed by atoms with van der Waals surface area (Å²) in [6, 6.07) is 9.60. The van der Waals surface area contributed by atoms with Gasteiger partial charge in [-0.1, -0.05) is 18.2 Å². The summed E-state index contributed by atoms with van der Waals surface area (Å²) in [5.41, 5.74) is 0.903. The molecule has 22 heavy (non-hydrogen) atoms. The third-order valence-electron chi connectivity index (χ3n) is 1.99. The van der Waals surface area contributed by atoms with E-state index in [-0.39, 0.29) is 5.97 Å². The molecule has 1 aromatic carbocycles. The third-order valence-corrected chi connectivity index (χ3v) is 3.86. The number of ether oxygens (including phenoxy) is 1. The zero-order valence-corrected chi connectivity index (χ0v) is 13.8. The maximum Gasteiger partial charge on any atom is 0.449 e. The van der Waals surface area contributed by atoms with Crippen molar-refractivity contribution >= 4 is 29.1 Å². The first-order valence-corrected chi connectivity index (χ1v) is 8.84. The highest BCUT2D eigenvalue weighted by Gasteiger charge is 2.29. The number of carbonyl (C=O) groups is 1. The molecule has 0 spiro atoms. The van der Waals surface area contributed by atoms with E-state index in [1.54, 1.807) is 0 Å². The second kappa shape index (κ2) is 8.44. The fourth-order valence-corrected chi connectivity index (χ4v) is 2.73. The summed E-state index contributed by atoms with van der Waals surface area (Å²) >= 11 is 2.82. The molecule has 0 saturated heterocycles. The minimum Gasteiger partial charge on any atom is -0.405 e. The second-order valence-corrected chi connectivity index (χ2v) is 6.35. The Hall–Kier alpha value is -1.20. The van der Waals surface area contributed by atoms with Crippen molar-refractivity contribution in [1.29, 1.82) is 0 Å². The zero-order valence-electron chi connectivity index (χ0n) is 11.4. The molecule has 1 heterocycles. The predicted octanol–water partition coefficient (Wildman–Crippen LogP) is -0.820. The van der Waals surface area contributed by atoms with E-state index in [1.165, 1.54) is 30.0 Å². The van der Waals surface area contributed by atoms with Crippen LogP contribution in [0, 0.1) is 10.2 Å². The van der Waals surface area contributed by atoms with Gasteiger partial charge in [-0.15, -0.1) is 10.2 Å². The van der Waals surface area contributed by atoms with Gasteiger partial charge in [-0.05, 0) is 30.2 Å². The molecular formula is C12H11ClO7S2. The standard InChI is InChI=1S/C12H11O3S2.ClHO4/c1-8(13)14-11-10(15-12(16-2)17-11)9-6-4-3-5-7-9;2-1(3,4)5/h3-7H,1-2H3;(H,2,3,4,5)/q+1;/p-1. The van der Waals surface area contributed by atoms with Gasteiger partial charge in [0.2, 0.25) is 0 Å². The highest BCUT2D eigenvalue weighted by molar-refractivity contribution is 8.00. The highest BCUT2D eigenvalue weighted by atomic mass is 35.7. The fourth-order valence-electron chi connectivity index (χ4n) is 1.32. The van der Waals surface area contributed by atoms with Crippen LogP contribution < -0.4 is 23.4 Å². The first kappa shape index (κ1) is 18.8. The first-order chi connectivity index (χ1) is 10.2. The Morgan fingerprint density at radius 1 is 1.23 bits per heavy atom. The Balaban J connectivity index is 0.000000422. The largest absolute Gasteiger partial charge is 0.449 e. The minimum absolute atomic E-state index is 0.341. The molecule has 1 aromatic heterocycles. The van der Waals surface area contributed by atoms with Crippen molar-refractivity contribution in [2.24, 2.45) is 0 Å². The number of rotatable bonds is 3. The molecule has 2 aromatic rings. The number of esters is 1. The lowest BCUT2D eigenvalue weighted by Crippen LogP contribution is -2.68. The van der Waals surface area contributed by atoms with Crippen LogP contribution in [0.5, 0.6) is 5.06 Å². The lowest BCUT2D eigenvalue weighted by atomic mass is 10.2. The third kappa shape index (κ3) is 7.18. The monoisotopic (exact) mass is 366 g/mol. The van der Waals surface area contributed by atoms with Crippen LogP contribution in [-0.2, 0) is 4.79 Å². The van der Waals surface area contributed by atoms with Crippen LogP contribution >= 0.6 is 23.1 Å². The summed E-state index contributed by atoms with van der Waals surface area (Å²) in [6.07, 6.45) is 1.92. The SMILES string of the molecule is CSc1[o+]c(-c2ccccc2)c(OC(C)=O)s1.[O-][Cl+3]([O-])([O-])[O-]. The summed E-state index contributed by atoms with van der Waals surface area (Å²) in [7, 11) is -4.94. The quantitative estimate of drug-likeness (QED) is 0.391. The number of thioether (sulfide) groups is 1. The van der Waals surface area contributed by atoms with Gasteiger partial charge in [-0.2, -0.15) is 4.42 Å². The van der Waals surface area contributed by atoms with Gasteiger partial charge in [0.1, 0.15) is 0 Å². The summed E-state index contributed by atoms with van der Waals surface area (Å²) in [5, 5.41) is 0.507. The van der Waals surface area contributed by atoms with Gasteiger partial charge in [-0.3, -0.25) is 4.79 Å². The Labute approximate surface area is 136 Å². The topological polar surface area (TPSA) is 130 Å². The average molecular weight is 367 g/mol. The molecule has 0 amide bonds. The van der Waals surface area contributed by atoms with Crippen LogP contribution in [0.1, 0.15) is 6.92 Å². The molecule has 7 nitrogen and oxygen atoms in total. The Morgan fingerprint density at radius 2 is 1.77 bits per heavy atom. The Morgan fingerprint density at radius 3 is 2.23 bits per heavy atom. The molecule has 0 unspecified atom stereocenters. The van der Waals surface area contributed by atoms with E-state index in [0.29, 0.717) is 10.8 Å². The molecule has 0 fully saturated rings. The molecule has 2 rings (SSSR count). The van der Waals surface area contributed by atoms with Crippen molar-refractivity contribution in [1.82, 2.24) is 0 Å². The van der Waals surface area contributed by atoms with Crippen LogP contribution in [0.4, 0.5) is 0 Å². The van der Waals surface area contributed by atoms with Gasteiger partial charge in [0, 0.05) is 18.3 Å². The summed E-state index contributed by atoms with van der Waals surface area (Å²) in [6.45, 7) is 1.38. The van der Waals surface area contributed by atoms with Crippen molar-refractivity contribution in [3.63, 3.8) is 0 Å². The maximum absolute atomic E-state index is 11.0. The normalized spacial score (nSPS) is 10.6. The van der Waals surface area contributed by atoms with Crippen LogP contribution in [0.3, 0.4) is 0 Å². The van der Waals surface area contributed by atoms with Gasteiger partial charge in [0.05, 0.1) is 5.56 Å². The van der Waals surface area contributed by atoms with E-state index in [9.17, 15) is 4.79 Å². The van der Waals surface area contributed by atoms with Crippen molar-refractivity contribution in [3.8, 4) is 16.4 Å². The van der Waals surface area contributed by atoms with Crippen LogP contribution in [-0.4, -0.2) is 12.2 Å². The van der Waals surface area contributed by atoms with E-state index in [2.05, 4.69) is 0 Å². The van der Waals surface area contributed by atoms with E-state index in [4.69, 9.17) is 27.8 Å². The van der Waals surface area contributed by atoms with E-state index >= 15 is 0 Å². The van der Waals surface area contributed by atoms with Crippen molar-refractivity contribution in [3.05, 3.63) is 30.3 Å². The molecule has 0 N–H and O–H groups in total. The Bertz CT molecular complexity index is 604. The lowest BCUT2D eigenvalue weighted by molar-refractivity contribution is -2.00. The summed E-state index contributed by atoms with van der Waals surface area (Å²) in [4.78, 5) is 11.0.